The van der Waals surface area contributed by atoms with Crippen LogP contribution in [0.25, 0.3) is 0 Å². The second kappa shape index (κ2) is 8.03. The van der Waals surface area contributed by atoms with E-state index in [1.165, 1.54) is 24.5 Å². The molecule has 24 heavy (non-hydrogen) atoms. The molecule has 5 nitrogen and oxygen atoms in total. The van der Waals surface area contributed by atoms with Gasteiger partial charge in [0.2, 0.25) is 0 Å². The Kier molecular flexibility index (Phi) is 6.05. The quantitative estimate of drug-likeness (QED) is 0.785. The molecule has 0 bridgehead atoms. The number of hydrogen-bond donors (Lipinski definition) is 2. The molecular weight excluding hydrogens is 331 g/mol. The van der Waals surface area contributed by atoms with Gasteiger partial charge in [0, 0.05) is 17.6 Å². The van der Waals surface area contributed by atoms with E-state index in [0.29, 0.717) is 12.1 Å². The molecule has 1 atom stereocenters. The normalized spacial score (nSPS) is 13.1. The average molecular weight is 350 g/mol. The Labute approximate surface area is 143 Å². The largest absolute Gasteiger partial charge is 0.372 e. The van der Waals surface area contributed by atoms with Gasteiger partial charge in [-0.2, -0.15) is 0 Å². The summed E-state index contributed by atoms with van der Waals surface area (Å²) in [7, 11) is 1.43. The van der Waals surface area contributed by atoms with Crippen molar-refractivity contribution in [1.29, 1.82) is 0 Å². The Morgan fingerprint density at radius 1 is 1.17 bits per heavy atom. The predicted octanol–water partition coefficient (Wildman–Crippen LogP) is 2.18. The van der Waals surface area contributed by atoms with Crippen molar-refractivity contribution < 1.29 is 18.7 Å². The maximum Gasteiger partial charge on any atom is 0.309 e. The van der Waals surface area contributed by atoms with Crippen molar-refractivity contribution >= 4 is 23.2 Å². The zero-order valence-electron chi connectivity index (χ0n) is 13.5. The maximum absolute atomic E-state index is 14.0. The van der Waals surface area contributed by atoms with Crippen LogP contribution in [-0.4, -0.2) is 25.5 Å². The molecule has 0 spiro atoms. The maximum atomic E-state index is 14.0. The number of benzene rings is 1. The van der Waals surface area contributed by atoms with Crippen LogP contribution in [-0.2, 0) is 26.5 Å². The molecule has 1 aromatic carbocycles. The second-order valence-electron chi connectivity index (χ2n) is 5.36. The zero-order chi connectivity index (χ0) is 17.6. The lowest BCUT2D eigenvalue weighted by molar-refractivity contribution is -0.140. The van der Waals surface area contributed by atoms with Gasteiger partial charge in [-0.15, -0.1) is 11.3 Å². The highest BCUT2D eigenvalue weighted by Crippen LogP contribution is 2.26. The summed E-state index contributed by atoms with van der Waals surface area (Å²) in [6.07, 6.45) is 0. The number of thiophene rings is 1. The summed E-state index contributed by atoms with van der Waals surface area (Å²) >= 11 is 1.49. The Bertz CT molecular complexity index is 706. The van der Waals surface area contributed by atoms with Crippen LogP contribution >= 0.6 is 11.3 Å². The summed E-state index contributed by atoms with van der Waals surface area (Å²) in [6, 6.07) is 9.90. The molecule has 2 N–H and O–H groups in total. The number of rotatable bonds is 6. The van der Waals surface area contributed by atoms with Gasteiger partial charge in [-0.05, 0) is 24.4 Å². The number of nitrogens with one attached hydrogen (secondary N) is 2. The van der Waals surface area contributed by atoms with E-state index in [4.69, 9.17) is 4.74 Å². The van der Waals surface area contributed by atoms with Crippen LogP contribution in [0, 0.1) is 5.82 Å². The molecule has 1 aromatic heterocycles. The van der Waals surface area contributed by atoms with Gasteiger partial charge < -0.3 is 15.4 Å². The van der Waals surface area contributed by atoms with Crippen molar-refractivity contribution in [2.24, 2.45) is 0 Å². The van der Waals surface area contributed by atoms with Gasteiger partial charge in [0.1, 0.15) is 11.4 Å². The van der Waals surface area contributed by atoms with Gasteiger partial charge in [-0.3, -0.25) is 9.59 Å². The third-order valence-electron chi connectivity index (χ3n) is 3.69. The first-order chi connectivity index (χ1) is 11.5. The molecule has 1 heterocycles. The number of carbonyl (C=O) groups is 2. The first-order valence-corrected chi connectivity index (χ1v) is 8.23. The van der Waals surface area contributed by atoms with E-state index >= 15 is 0 Å². The number of carbonyl (C=O) groups excluding carboxylic acids is 2. The van der Waals surface area contributed by atoms with E-state index in [0.717, 1.165) is 4.88 Å². The zero-order valence-corrected chi connectivity index (χ0v) is 14.3. The van der Waals surface area contributed by atoms with Crippen LogP contribution < -0.4 is 10.6 Å². The molecule has 0 radical (unpaired) electrons. The third-order valence-corrected chi connectivity index (χ3v) is 4.57. The molecule has 2 amide bonds. The first-order valence-electron chi connectivity index (χ1n) is 7.35. The molecule has 0 aliphatic carbocycles. The van der Waals surface area contributed by atoms with Crippen LogP contribution in [0.5, 0.6) is 0 Å². The van der Waals surface area contributed by atoms with E-state index in [1.54, 1.807) is 25.1 Å². The van der Waals surface area contributed by atoms with E-state index < -0.39 is 23.2 Å². The molecule has 2 aromatic rings. The minimum absolute atomic E-state index is 0.0321. The highest BCUT2D eigenvalue weighted by molar-refractivity contribution is 7.09. The standard InChI is InChI=1S/C17H19FN2O3S/c1-17(23-2,13-7-3-4-8-14(13)18)11-20-16(22)15(21)19-10-12-6-5-9-24-12/h3-9H,10-11H2,1-2H3,(H,19,21)(H,20,22)/t17-/m1/s1. The summed E-state index contributed by atoms with van der Waals surface area (Å²) in [4.78, 5) is 24.7. The molecule has 0 saturated carbocycles. The minimum Gasteiger partial charge on any atom is -0.372 e. The highest BCUT2D eigenvalue weighted by Gasteiger charge is 2.30. The van der Waals surface area contributed by atoms with Crippen molar-refractivity contribution in [1.82, 2.24) is 10.6 Å². The number of amides is 2. The smallest absolute Gasteiger partial charge is 0.309 e. The van der Waals surface area contributed by atoms with Gasteiger partial charge in [0.25, 0.3) is 0 Å². The Hall–Kier alpha value is -2.25. The van der Waals surface area contributed by atoms with E-state index in [9.17, 15) is 14.0 Å². The fourth-order valence-electron chi connectivity index (χ4n) is 2.16. The Morgan fingerprint density at radius 3 is 2.50 bits per heavy atom. The topological polar surface area (TPSA) is 67.4 Å². The molecule has 2 rings (SSSR count). The van der Waals surface area contributed by atoms with Crippen molar-refractivity contribution in [2.45, 2.75) is 19.1 Å². The molecule has 0 saturated heterocycles. The fourth-order valence-corrected chi connectivity index (χ4v) is 2.80. The van der Waals surface area contributed by atoms with Crippen molar-refractivity contribution in [3.05, 3.63) is 58.0 Å². The number of methoxy groups -OCH3 is 1. The first kappa shape index (κ1) is 18.1. The second-order valence-corrected chi connectivity index (χ2v) is 6.39. The lowest BCUT2D eigenvalue weighted by Gasteiger charge is -2.29. The fraction of sp³-hybridized carbons (Fsp3) is 0.294. The predicted molar refractivity (Wildman–Crippen MR) is 89.9 cm³/mol. The third kappa shape index (κ3) is 4.39. The van der Waals surface area contributed by atoms with Crippen molar-refractivity contribution in [2.75, 3.05) is 13.7 Å². The van der Waals surface area contributed by atoms with E-state index in [-0.39, 0.29) is 6.54 Å². The molecule has 0 fully saturated rings. The SMILES string of the molecule is CO[C@](C)(CNC(=O)C(=O)NCc1cccs1)c1ccccc1F. The number of hydrogen-bond acceptors (Lipinski definition) is 4. The minimum atomic E-state index is -1.07. The molecule has 128 valence electrons. The molecule has 0 aliphatic rings. The molecule has 7 heteroatoms. The van der Waals surface area contributed by atoms with Crippen LogP contribution in [0.3, 0.4) is 0 Å². The highest BCUT2D eigenvalue weighted by atomic mass is 32.1. The van der Waals surface area contributed by atoms with Crippen molar-refractivity contribution in [3.63, 3.8) is 0 Å². The van der Waals surface area contributed by atoms with Gasteiger partial charge in [-0.25, -0.2) is 4.39 Å². The van der Waals surface area contributed by atoms with Gasteiger partial charge in [0.05, 0.1) is 13.1 Å². The number of halogens is 1. The molecule has 0 unspecified atom stereocenters. The molecule has 0 aliphatic heterocycles. The van der Waals surface area contributed by atoms with Gasteiger partial charge >= 0.3 is 11.8 Å². The molecular formula is C17H19FN2O3S. The van der Waals surface area contributed by atoms with Crippen LogP contribution in [0.2, 0.25) is 0 Å². The van der Waals surface area contributed by atoms with Gasteiger partial charge in [-0.1, -0.05) is 24.3 Å². The monoisotopic (exact) mass is 350 g/mol. The lowest BCUT2D eigenvalue weighted by atomic mass is 9.95. The summed E-state index contributed by atoms with van der Waals surface area (Å²) in [6.45, 7) is 1.91. The van der Waals surface area contributed by atoms with Gasteiger partial charge in [0.15, 0.2) is 0 Å². The van der Waals surface area contributed by atoms with Crippen LogP contribution in [0.4, 0.5) is 4.39 Å². The summed E-state index contributed by atoms with van der Waals surface area (Å²) in [5.41, 5.74) is -0.763. The van der Waals surface area contributed by atoms with Crippen molar-refractivity contribution in [3.8, 4) is 0 Å². The Morgan fingerprint density at radius 2 is 1.88 bits per heavy atom. The van der Waals surface area contributed by atoms with E-state index in [2.05, 4.69) is 10.6 Å². The summed E-state index contributed by atoms with van der Waals surface area (Å²) in [5.74, 6) is -1.96. The average Bonchev–Trinajstić information content (AvgIpc) is 3.11. The van der Waals surface area contributed by atoms with Crippen LogP contribution in [0.15, 0.2) is 41.8 Å². The summed E-state index contributed by atoms with van der Waals surface area (Å²) in [5, 5.41) is 6.91. The number of ether oxygens (including phenoxy) is 1. The Balaban J connectivity index is 1.93. The summed E-state index contributed by atoms with van der Waals surface area (Å²) < 4.78 is 19.3. The van der Waals surface area contributed by atoms with Crippen LogP contribution in [0.1, 0.15) is 17.4 Å². The lowest BCUT2D eigenvalue weighted by Crippen LogP contribution is -2.46. The van der Waals surface area contributed by atoms with E-state index in [1.807, 2.05) is 17.5 Å².